The van der Waals surface area contributed by atoms with E-state index in [1.54, 1.807) is 14.7 Å². The zero-order chi connectivity index (χ0) is 14.4. The number of sulfonamides is 1. The van der Waals surface area contributed by atoms with Gasteiger partial charge in [-0.1, -0.05) is 13.1 Å². The lowest BCUT2D eigenvalue weighted by atomic mass is 10.1. The van der Waals surface area contributed by atoms with E-state index in [1.807, 2.05) is 45.4 Å². The maximum atomic E-state index is 12.9. The summed E-state index contributed by atoms with van der Waals surface area (Å²) in [6.07, 6.45) is 3.38. The molecule has 0 fully saturated rings. The quantitative estimate of drug-likeness (QED) is 0.815. The summed E-state index contributed by atoms with van der Waals surface area (Å²) in [7, 11) is -5.08. The molecule has 0 bridgehead atoms. The van der Waals surface area contributed by atoms with E-state index in [1.165, 1.54) is 11.3 Å². The van der Waals surface area contributed by atoms with E-state index in [2.05, 4.69) is 4.98 Å². The first-order chi connectivity index (χ1) is 8.65. The van der Waals surface area contributed by atoms with Gasteiger partial charge in [0.05, 0.1) is 0 Å². The van der Waals surface area contributed by atoms with Gasteiger partial charge in [-0.2, -0.15) is 0 Å². The minimum absolute atomic E-state index is 0.179. The first-order valence-electron chi connectivity index (χ1n) is 6.10. The normalized spacial score (nSPS) is 13.8. The van der Waals surface area contributed by atoms with Crippen LogP contribution in [-0.2, 0) is 10.0 Å². The maximum absolute atomic E-state index is 12.9. The third-order valence-corrected chi connectivity index (χ3v) is 9.43. The summed E-state index contributed by atoms with van der Waals surface area (Å²) in [5, 5.41) is 2.04. The van der Waals surface area contributed by atoms with Gasteiger partial charge in [0.1, 0.15) is 20.1 Å². The largest absolute Gasteiger partial charge is 0.296 e. The minimum Gasteiger partial charge on any atom is -0.296 e. The van der Waals surface area contributed by atoms with E-state index in [0.29, 0.717) is 4.83 Å². The molecule has 0 saturated carbocycles. The zero-order valence-electron chi connectivity index (χ0n) is 11.8. The van der Waals surface area contributed by atoms with Crippen molar-refractivity contribution in [2.24, 2.45) is 0 Å². The van der Waals surface area contributed by atoms with Crippen LogP contribution in [0.1, 0.15) is 20.8 Å². The molecule has 2 heterocycles. The second-order valence-corrected chi connectivity index (χ2v) is 11.4. The number of nitrogens with zero attached hydrogens (tertiary/aromatic N) is 3. The second kappa shape index (κ2) is 4.69. The van der Waals surface area contributed by atoms with E-state index in [9.17, 15) is 8.42 Å². The van der Waals surface area contributed by atoms with Gasteiger partial charge in [0.15, 0.2) is 0 Å². The number of hydrogen-bond donors (Lipinski definition) is 0. The van der Waals surface area contributed by atoms with E-state index in [0.717, 1.165) is 0 Å². The van der Waals surface area contributed by atoms with Gasteiger partial charge in [-0.25, -0.2) is 17.4 Å². The predicted molar refractivity (Wildman–Crippen MR) is 80.7 cm³/mol. The molecule has 19 heavy (non-hydrogen) atoms. The highest BCUT2D eigenvalue weighted by atomic mass is 32.2. The predicted octanol–water partition coefficient (Wildman–Crippen LogP) is 2.17. The lowest BCUT2D eigenvalue weighted by Crippen LogP contribution is -2.51. The number of hydrogen-bond acceptors (Lipinski definition) is 4. The summed E-state index contributed by atoms with van der Waals surface area (Å²) in [6, 6.07) is 0. The van der Waals surface area contributed by atoms with Crippen molar-refractivity contribution in [3.63, 3.8) is 0 Å². The average Bonchev–Trinajstić information content (AvgIpc) is 2.71. The molecule has 2 aromatic rings. The molecule has 0 aliphatic heterocycles. The van der Waals surface area contributed by atoms with Gasteiger partial charge in [-0.15, -0.1) is 11.3 Å². The topological polar surface area (TPSA) is 54.7 Å². The Morgan fingerprint density at radius 2 is 2.00 bits per heavy atom. The van der Waals surface area contributed by atoms with Crippen LogP contribution >= 0.6 is 11.3 Å². The molecule has 0 aromatic carbocycles. The average molecular weight is 318 g/mol. The fraction of sp³-hybridized carbons (Fsp3) is 0.545. The molecule has 8 heteroatoms. The summed E-state index contributed by atoms with van der Waals surface area (Å²) in [5.41, 5.74) is -0.424. The Hall–Kier alpha value is -0.703. The molecule has 0 saturated heterocycles. The van der Waals surface area contributed by atoms with E-state index in [-0.39, 0.29) is 5.03 Å². The summed E-state index contributed by atoms with van der Waals surface area (Å²) < 4.78 is 29.2. The summed E-state index contributed by atoms with van der Waals surface area (Å²) >= 11 is 1.40. The maximum Gasteiger partial charge on any atom is 0.257 e. The number of imidazole rings is 1. The number of rotatable bonds is 3. The van der Waals surface area contributed by atoms with Crippen LogP contribution in [-0.4, -0.2) is 36.3 Å². The molecule has 0 unspecified atom stereocenters. The van der Waals surface area contributed by atoms with Crippen molar-refractivity contribution in [3.8, 4) is 0 Å². The molecule has 0 aliphatic rings. The van der Waals surface area contributed by atoms with E-state index in [4.69, 9.17) is 0 Å². The van der Waals surface area contributed by atoms with Gasteiger partial charge in [0.2, 0.25) is 5.03 Å². The van der Waals surface area contributed by atoms with Crippen LogP contribution in [0.15, 0.2) is 22.9 Å². The van der Waals surface area contributed by atoms with Crippen molar-refractivity contribution < 1.29 is 8.42 Å². The van der Waals surface area contributed by atoms with E-state index >= 15 is 0 Å². The Kier molecular flexibility index (Phi) is 3.63. The van der Waals surface area contributed by atoms with Crippen LogP contribution in [0.3, 0.4) is 0 Å². The van der Waals surface area contributed by atoms with Crippen molar-refractivity contribution in [1.82, 2.24) is 13.4 Å². The molecule has 0 aliphatic carbocycles. The molecule has 0 N–H and O–H groups in total. The standard InChI is InChI=1S/C11H19N3O2S2Si/c1-11(2,3)14(19(4)5)18(15,16)9-10-13(8-12-9)6-7-17-10/h6-8,19H,1-5H3. The molecular formula is C11H19N3O2S2Si. The Morgan fingerprint density at radius 1 is 1.37 bits per heavy atom. The Labute approximate surface area is 119 Å². The third kappa shape index (κ3) is 2.49. The van der Waals surface area contributed by atoms with Gasteiger partial charge < -0.3 is 0 Å². The van der Waals surface area contributed by atoms with Crippen LogP contribution < -0.4 is 0 Å². The molecular weight excluding hydrogens is 298 g/mol. The molecule has 106 valence electrons. The van der Waals surface area contributed by atoms with E-state index < -0.39 is 24.5 Å². The molecule has 0 radical (unpaired) electrons. The van der Waals surface area contributed by atoms with Gasteiger partial charge in [0.25, 0.3) is 10.0 Å². The minimum atomic E-state index is -3.54. The van der Waals surface area contributed by atoms with Crippen LogP contribution in [0.25, 0.3) is 4.83 Å². The summed E-state index contributed by atoms with van der Waals surface area (Å²) in [6.45, 7) is 9.83. The number of fused-ring (bicyclic) bond motifs is 1. The fourth-order valence-corrected chi connectivity index (χ4v) is 9.04. The molecule has 2 aromatic heterocycles. The van der Waals surface area contributed by atoms with Gasteiger partial charge in [0, 0.05) is 17.1 Å². The molecule has 5 nitrogen and oxygen atoms in total. The van der Waals surface area contributed by atoms with Crippen LogP contribution in [0.4, 0.5) is 0 Å². The third-order valence-electron chi connectivity index (χ3n) is 2.75. The number of aromatic nitrogens is 2. The van der Waals surface area contributed by atoms with Gasteiger partial charge in [-0.05, 0) is 20.8 Å². The van der Waals surface area contributed by atoms with Crippen molar-refractivity contribution in [1.29, 1.82) is 0 Å². The fourth-order valence-electron chi connectivity index (χ4n) is 2.39. The highest BCUT2D eigenvalue weighted by molar-refractivity contribution is 7.90. The molecule has 2 rings (SSSR count). The van der Waals surface area contributed by atoms with Crippen LogP contribution in [0.5, 0.6) is 0 Å². The highest BCUT2D eigenvalue weighted by Gasteiger charge is 2.38. The summed E-state index contributed by atoms with van der Waals surface area (Å²) in [4.78, 5) is 4.79. The van der Waals surface area contributed by atoms with Gasteiger partial charge in [-0.3, -0.25) is 4.40 Å². The smallest absolute Gasteiger partial charge is 0.257 e. The Bertz CT molecular complexity index is 682. The monoisotopic (exact) mass is 317 g/mol. The number of thiazole rings is 1. The zero-order valence-corrected chi connectivity index (χ0v) is 14.6. The SMILES string of the molecule is C[SiH](C)N(C(C)(C)C)S(=O)(=O)c1ncn2ccsc12. The van der Waals surface area contributed by atoms with Crippen LogP contribution in [0, 0.1) is 0 Å². The highest BCUT2D eigenvalue weighted by Crippen LogP contribution is 2.29. The summed E-state index contributed by atoms with van der Waals surface area (Å²) in [5.74, 6) is 0. The Balaban J connectivity index is 2.62. The van der Waals surface area contributed by atoms with Crippen molar-refractivity contribution in [2.75, 3.05) is 0 Å². The lowest BCUT2D eigenvalue weighted by Gasteiger charge is -2.36. The second-order valence-electron chi connectivity index (χ2n) is 5.73. The first-order valence-corrected chi connectivity index (χ1v) is 11.2. The molecule has 0 spiro atoms. The molecule has 0 atom stereocenters. The van der Waals surface area contributed by atoms with Crippen molar-refractivity contribution in [2.45, 2.75) is 44.4 Å². The Morgan fingerprint density at radius 3 is 2.53 bits per heavy atom. The molecule has 0 amide bonds. The van der Waals surface area contributed by atoms with Crippen LogP contribution in [0.2, 0.25) is 13.1 Å². The van der Waals surface area contributed by atoms with Gasteiger partial charge >= 0.3 is 0 Å². The lowest BCUT2D eigenvalue weighted by molar-refractivity contribution is 0.356. The van der Waals surface area contributed by atoms with Crippen molar-refractivity contribution in [3.05, 3.63) is 17.9 Å². The van der Waals surface area contributed by atoms with Crippen molar-refractivity contribution >= 4 is 35.1 Å². The first kappa shape index (κ1) is 14.7.